The van der Waals surface area contributed by atoms with Crippen molar-refractivity contribution in [3.63, 3.8) is 0 Å². The summed E-state index contributed by atoms with van der Waals surface area (Å²) >= 11 is 0. The normalized spacial score (nSPS) is 12.7. The van der Waals surface area contributed by atoms with E-state index in [-0.39, 0.29) is 0 Å². The number of hydrogen-bond donors (Lipinski definition) is 1. The number of hydrogen-bond acceptors (Lipinski definition) is 2. The molecule has 1 atom stereocenters. The van der Waals surface area contributed by atoms with Crippen molar-refractivity contribution in [1.29, 1.82) is 0 Å². The Morgan fingerprint density at radius 1 is 1.05 bits per heavy atom. The van der Waals surface area contributed by atoms with Gasteiger partial charge in [0.15, 0.2) is 0 Å². The van der Waals surface area contributed by atoms with Gasteiger partial charge in [0.2, 0.25) is 0 Å². The molecule has 0 spiro atoms. The Morgan fingerprint density at radius 3 is 2.19 bits per heavy atom. The molecule has 1 unspecified atom stereocenters. The number of ether oxygens (including phenoxy) is 1. The molecule has 1 aromatic rings. The van der Waals surface area contributed by atoms with Crippen LogP contribution in [0, 0.1) is 12.8 Å². The van der Waals surface area contributed by atoms with Crippen LogP contribution in [0.1, 0.15) is 70.0 Å². The average molecular weight is 291 g/mol. The molecule has 120 valence electrons. The highest BCUT2D eigenvalue weighted by molar-refractivity contribution is 5.37. The van der Waals surface area contributed by atoms with Crippen LogP contribution >= 0.6 is 0 Å². The minimum Gasteiger partial charge on any atom is -0.496 e. The molecule has 0 saturated carbocycles. The van der Waals surface area contributed by atoms with Crippen LogP contribution in [0.15, 0.2) is 18.2 Å². The number of methoxy groups -OCH3 is 1. The number of benzene rings is 1. The van der Waals surface area contributed by atoms with Crippen molar-refractivity contribution in [3.05, 3.63) is 29.3 Å². The molecule has 2 heteroatoms. The molecule has 0 fully saturated rings. The summed E-state index contributed by atoms with van der Waals surface area (Å²) in [5, 5.41) is 3.78. The summed E-state index contributed by atoms with van der Waals surface area (Å²) in [6.07, 6.45) is 6.27. The van der Waals surface area contributed by atoms with E-state index in [2.05, 4.69) is 51.2 Å². The fourth-order valence-electron chi connectivity index (χ4n) is 3.17. The largest absolute Gasteiger partial charge is 0.496 e. The summed E-state index contributed by atoms with van der Waals surface area (Å²) < 4.78 is 5.40. The first-order valence-corrected chi connectivity index (χ1v) is 8.55. The van der Waals surface area contributed by atoms with Crippen molar-refractivity contribution >= 4 is 0 Å². The quantitative estimate of drug-likeness (QED) is 0.635. The number of rotatable bonds is 10. The van der Waals surface area contributed by atoms with Crippen molar-refractivity contribution in [2.24, 2.45) is 5.92 Å². The Hall–Kier alpha value is -1.02. The molecule has 0 amide bonds. The second-order valence-corrected chi connectivity index (χ2v) is 6.00. The molecule has 1 aromatic carbocycles. The van der Waals surface area contributed by atoms with Gasteiger partial charge in [0.25, 0.3) is 0 Å². The van der Waals surface area contributed by atoms with Gasteiger partial charge in [0.05, 0.1) is 7.11 Å². The van der Waals surface area contributed by atoms with Gasteiger partial charge in [-0.05, 0) is 55.8 Å². The Morgan fingerprint density at radius 2 is 1.71 bits per heavy atom. The molecule has 0 aromatic heterocycles. The van der Waals surface area contributed by atoms with Gasteiger partial charge in [-0.1, -0.05) is 45.7 Å². The first kappa shape index (κ1) is 18.0. The smallest absolute Gasteiger partial charge is 0.121 e. The Bertz CT molecular complexity index is 397. The van der Waals surface area contributed by atoms with E-state index in [1.807, 2.05) is 0 Å². The van der Waals surface area contributed by atoms with Gasteiger partial charge in [-0.3, -0.25) is 0 Å². The van der Waals surface area contributed by atoms with Gasteiger partial charge < -0.3 is 10.1 Å². The zero-order valence-electron chi connectivity index (χ0n) is 14.5. The van der Waals surface area contributed by atoms with Gasteiger partial charge in [-0.25, -0.2) is 0 Å². The predicted octanol–water partition coefficient (Wildman–Crippen LogP) is 5.26. The van der Waals surface area contributed by atoms with Crippen molar-refractivity contribution in [2.45, 2.75) is 65.8 Å². The highest BCUT2D eigenvalue weighted by Gasteiger charge is 2.21. The third-order valence-electron chi connectivity index (χ3n) is 4.18. The van der Waals surface area contributed by atoms with Crippen molar-refractivity contribution in [3.8, 4) is 5.75 Å². The Kier molecular flexibility index (Phi) is 8.44. The molecule has 0 saturated heterocycles. The van der Waals surface area contributed by atoms with Crippen molar-refractivity contribution in [2.75, 3.05) is 13.7 Å². The molecular formula is C19H33NO. The second kappa shape index (κ2) is 9.83. The lowest BCUT2D eigenvalue weighted by Crippen LogP contribution is -2.29. The van der Waals surface area contributed by atoms with Gasteiger partial charge in [0.1, 0.15) is 5.75 Å². The Labute approximate surface area is 131 Å². The maximum atomic E-state index is 5.40. The predicted molar refractivity (Wildman–Crippen MR) is 92.1 cm³/mol. The third kappa shape index (κ3) is 5.35. The second-order valence-electron chi connectivity index (χ2n) is 6.00. The van der Waals surface area contributed by atoms with Crippen LogP contribution in [0.3, 0.4) is 0 Å². The molecule has 2 nitrogen and oxygen atoms in total. The minimum absolute atomic E-state index is 0.467. The molecule has 0 heterocycles. The highest BCUT2D eigenvalue weighted by atomic mass is 16.5. The Balaban J connectivity index is 3.01. The zero-order valence-corrected chi connectivity index (χ0v) is 14.5. The molecule has 0 aliphatic heterocycles. The van der Waals surface area contributed by atoms with Gasteiger partial charge in [-0.15, -0.1) is 0 Å². The fourth-order valence-corrected chi connectivity index (χ4v) is 3.17. The minimum atomic E-state index is 0.467. The van der Waals surface area contributed by atoms with E-state index in [0.717, 1.165) is 18.2 Å². The lowest BCUT2D eigenvalue weighted by atomic mass is 9.85. The maximum Gasteiger partial charge on any atom is 0.121 e. The van der Waals surface area contributed by atoms with Crippen molar-refractivity contribution in [1.82, 2.24) is 5.32 Å². The maximum absolute atomic E-state index is 5.40. The third-order valence-corrected chi connectivity index (χ3v) is 4.18. The van der Waals surface area contributed by atoms with Crippen LogP contribution in [0.25, 0.3) is 0 Å². The molecular weight excluding hydrogens is 258 g/mol. The summed E-state index contributed by atoms with van der Waals surface area (Å²) in [5.41, 5.74) is 2.64. The summed E-state index contributed by atoms with van der Waals surface area (Å²) in [7, 11) is 1.74. The van der Waals surface area contributed by atoms with Crippen LogP contribution in [-0.4, -0.2) is 13.7 Å². The molecule has 21 heavy (non-hydrogen) atoms. The van der Waals surface area contributed by atoms with Gasteiger partial charge >= 0.3 is 0 Å². The van der Waals surface area contributed by atoms with Gasteiger partial charge in [0, 0.05) is 6.04 Å². The average Bonchev–Trinajstić information content (AvgIpc) is 2.48. The topological polar surface area (TPSA) is 21.3 Å². The number of nitrogens with one attached hydrogen (secondary N) is 1. The molecule has 0 aliphatic rings. The fraction of sp³-hybridized carbons (Fsp3) is 0.684. The standard InChI is InChI=1S/C19H33NO/c1-6-9-16(10-7-2)19(20-13-8-3)17-11-12-18(21-5)15(4)14-17/h11-12,14,16,19-20H,6-10,13H2,1-5H3. The van der Waals surface area contributed by atoms with E-state index in [9.17, 15) is 0 Å². The summed E-state index contributed by atoms with van der Waals surface area (Å²) in [6, 6.07) is 7.11. The van der Waals surface area contributed by atoms with E-state index in [4.69, 9.17) is 4.74 Å². The van der Waals surface area contributed by atoms with E-state index >= 15 is 0 Å². The lowest BCUT2D eigenvalue weighted by Gasteiger charge is -2.29. The molecule has 0 radical (unpaired) electrons. The van der Waals surface area contributed by atoms with Crippen LogP contribution in [0.2, 0.25) is 0 Å². The summed E-state index contributed by atoms with van der Waals surface area (Å²) in [6.45, 7) is 10.0. The zero-order chi connectivity index (χ0) is 15.7. The monoisotopic (exact) mass is 291 g/mol. The van der Waals surface area contributed by atoms with Crippen molar-refractivity contribution < 1.29 is 4.74 Å². The van der Waals surface area contributed by atoms with Crippen LogP contribution < -0.4 is 10.1 Å². The highest BCUT2D eigenvalue weighted by Crippen LogP contribution is 2.32. The summed E-state index contributed by atoms with van der Waals surface area (Å²) in [4.78, 5) is 0. The van der Waals surface area contributed by atoms with Crippen LogP contribution in [0.4, 0.5) is 0 Å². The molecule has 1 rings (SSSR count). The SMILES string of the molecule is CCCNC(c1ccc(OC)c(C)c1)C(CCC)CCC. The first-order chi connectivity index (χ1) is 10.2. The van der Waals surface area contributed by atoms with E-state index in [0.29, 0.717) is 6.04 Å². The summed E-state index contributed by atoms with van der Waals surface area (Å²) in [5.74, 6) is 1.70. The van der Waals surface area contributed by atoms with Crippen LogP contribution in [0.5, 0.6) is 5.75 Å². The van der Waals surface area contributed by atoms with E-state index < -0.39 is 0 Å². The van der Waals surface area contributed by atoms with Crippen LogP contribution in [-0.2, 0) is 0 Å². The van der Waals surface area contributed by atoms with E-state index in [1.165, 1.54) is 43.2 Å². The molecule has 1 N–H and O–H groups in total. The molecule has 0 aliphatic carbocycles. The molecule has 0 bridgehead atoms. The first-order valence-electron chi connectivity index (χ1n) is 8.55. The van der Waals surface area contributed by atoms with Gasteiger partial charge in [-0.2, -0.15) is 0 Å². The lowest BCUT2D eigenvalue weighted by molar-refractivity contribution is 0.316. The van der Waals surface area contributed by atoms with E-state index in [1.54, 1.807) is 7.11 Å². The number of aryl methyl sites for hydroxylation is 1.